The number of thiazole rings is 1. The number of sulfonamides is 1. The van der Waals surface area contributed by atoms with Crippen LogP contribution in [0.25, 0.3) is 0 Å². The van der Waals surface area contributed by atoms with Crippen LogP contribution in [-0.2, 0) is 15.8 Å². The molecule has 0 saturated heterocycles. The second-order valence-electron chi connectivity index (χ2n) is 6.01. The molecular weight excluding hydrogens is 414 g/mol. The van der Waals surface area contributed by atoms with Crippen molar-refractivity contribution in [2.45, 2.75) is 15.5 Å². The normalized spacial score (nSPS) is 11.5. The van der Waals surface area contributed by atoms with Gasteiger partial charge in [-0.3, -0.25) is 10.1 Å². The van der Waals surface area contributed by atoms with Crippen molar-refractivity contribution in [1.82, 2.24) is 9.29 Å². The molecule has 1 amide bonds. The van der Waals surface area contributed by atoms with E-state index in [2.05, 4.69) is 10.3 Å². The number of rotatable bonds is 7. The van der Waals surface area contributed by atoms with Crippen LogP contribution >= 0.6 is 23.1 Å². The van der Waals surface area contributed by atoms with Gasteiger partial charge in [0.05, 0.1) is 10.6 Å². The van der Waals surface area contributed by atoms with Crippen LogP contribution in [0.1, 0.15) is 16.1 Å². The third-order valence-electron chi connectivity index (χ3n) is 3.80. The monoisotopic (exact) mass is 433 g/mol. The first kappa shape index (κ1) is 20.5. The maximum atomic E-state index is 12.4. The van der Waals surface area contributed by atoms with Gasteiger partial charge >= 0.3 is 0 Å². The molecule has 0 spiro atoms. The van der Waals surface area contributed by atoms with Gasteiger partial charge in [0.2, 0.25) is 10.0 Å². The van der Waals surface area contributed by atoms with Crippen LogP contribution in [0.3, 0.4) is 0 Å². The number of amides is 1. The summed E-state index contributed by atoms with van der Waals surface area (Å²) in [5.74, 6) is 0.387. The lowest BCUT2D eigenvalue weighted by Crippen LogP contribution is -2.22. The Morgan fingerprint density at radius 1 is 1.11 bits per heavy atom. The predicted molar refractivity (Wildman–Crippen MR) is 113 cm³/mol. The molecule has 0 radical (unpaired) electrons. The Kier molecular flexibility index (Phi) is 6.50. The Morgan fingerprint density at radius 2 is 1.79 bits per heavy atom. The summed E-state index contributed by atoms with van der Waals surface area (Å²) in [6.45, 7) is 0. The van der Waals surface area contributed by atoms with E-state index in [4.69, 9.17) is 0 Å². The molecule has 1 N–H and O–H groups in total. The molecule has 0 fully saturated rings. The van der Waals surface area contributed by atoms with E-state index in [0.717, 1.165) is 14.9 Å². The highest BCUT2D eigenvalue weighted by molar-refractivity contribution is 7.98. The minimum Gasteiger partial charge on any atom is -0.298 e. The van der Waals surface area contributed by atoms with Gasteiger partial charge in [0, 0.05) is 35.7 Å². The second-order valence-corrected chi connectivity index (χ2v) is 10.1. The van der Waals surface area contributed by atoms with Crippen LogP contribution in [0.15, 0.2) is 69.8 Å². The van der Waals surface area contributed by atoms with Gasteiger partial charge in [-0.25, -0.2) is 17.7 Å². The summed E-state index contributed by atoms with van der Waals surface area (Å²) < 4.78 is 25.3. The number of carbonyl (C=O) groups is 1. The average molecular weight is 434 g/mol. The van der Waals surface area contributed by atoms with E-state index in [1.165, 1.54) is 49.7 Å². The average Bonchev–Trinajstić information content (AvgIpc) is 3.14. The molecule has 6 nitrogen and oxygen atoms in total. The van der Waals surface area contributed by atoms with Crippen molar-refractivity contribution in [3.8, 4) is 0 Å². The first-order chi connectivity index (χ1) is 13.4. The fourth-order valence-corrected chi connectivity index (χ4v) is 4.79. The maximum absolute atomic E-state index is 12.4. The van der Waals surface area contributed by atoms with Gasteiger partial charge in [0.25, 0.3) is 5.91 Å². The summed E-state index contributed by atoms with van der Waals surface area (Å²) in [5.41, 5.74) is 1.26. The second kappa shape index (κ2) is 8.87. The minimum atomic E-state index is -3.52. The number of carbonyl (C=O) groups excluding carboxylic acids is 1. The van der Waals surface area contributed by atoms with Gasteiger partial charge in [-0.05, 0) is 36.4 Å². The number of thioether (sulfide) groups is 1. The fourth-order valence-electron chi connectivity index (χ4n) is 2.26. The Bertz CT molecular complexity index is 1050. The highest BCUT2D eigenvalue weighted by atomic mass is 32.2. The third kappa shape index (κ3) is 4.99. The topological polar surface area (TPSA) is 79.4 Å². The molecule has 0 aliphatic carbocycles. The van der Waals surface area contributed by atoms with E-state index in [9.17, 15) is 13.2 Å². The smallest absolute Gasteiger partial charge is 0.257 e. The van der Waals surface area contributed by atoms with E-state index >= 15 is 0 Å². The van der Waals surface area contributed by atoms with Gasteiger partial charge in [-0.15, -0.1) is 23.1 Å². The van der Waals surface area contributed by atoms with Gasteiger partial charge in [-0.1, -0.05) is 18.2 Å². The van der Waals surface area contributed by atoms with E-state index in [1.807, 2.05) is 35.7 Å². The minimum absolute atomic E-state index is 0.142. The van der Waals surface area contributed by atoms with Gasteiger partial charge in [0.15, 0.2) is 5.13 Å². The van der Waals surface area contributed by atoms with E-state index in [0.29, 0.717) is 16.4 Å². The molecule has 0 unspecified atom stereocenters. The molecule has 28 heavy (non-hydrogen) atoms. The SMILES string of the molecule is CN(C)S(=O)(=O)c1ccc(C(=O)Nc2nc(CSc3ccccc3)cs2)cc1. The highest BCUT2D eigenvalue weighted by Gasteiger charge is 2.17. The number of benzene rings is 2. The summed E-state index contributed by atoms with van der Waals surface area (Å²) in [6, 6.07) is 15.9. The Labute approximate surface area is 172 Å². The highest BCUT2D eigenvalue weighted by Crippen LogP contribution is 2.25. The van der Waals surface area contributed by atoms with Crippen molar-refractivity contribution in [2.75, 3.05) is 19.4 Å². The van der Waals surface area contributed by atoms with Crippen molar-refractivity contribution in [3.63, 3.8) is 0 Å². The van der Waals surface area contributed by atoms with Crippen LogP contribution in [0.5, 0.6) is 0 Å². The molecule has 3 aromatic rings. The molecular formula is C19H19N3O3S3. The summed E-state index contributed by atoms with van der Waals surface area (Å²) in [4.78, 5) is 18.1. The van der Waals surface area contributed by atoms with Gasteiger partial charge in [-0.2, -0.15) is 0 Å². The number of hydrogen-bond donors (Lipinski definition) is 1. The van der Waals surface area contributed by atoms with Crippen LogP contribution in [0.2, 0.25) is 0 Å². The lowest BCUT2D eigenvalue weighted by molar-refractivity contribution is 0.102. The first-order valence-corrected chi connectivity index (χ1v) is 11.6. The van der Waals surface area contributed by atoms with Crippen molar-refractivity contribution in [2.24, 2.45) is 0 Å². The number of nitrogens with zero attached hydrogens (tertiary/aromatic N) is 2. The zero-order valence-corrected chi connectivity index (χ0v) is 17.8. The molecule has 0 atom stereocenters. The van der Waals surface area contributed by atoms with Crippen LogP contribution in [-0.4, -0.2) is 37.7 Å². The summed E-state index contributed by atoms with van der Waals surface area (Å²) in [5, 5.41) is 5.18. The van der Waals surface area contributed by atoms with E-state index in [1.54, 1.807) is 11.8 Å². The number of aromatic nitrogens is 1. The molecule has 0 aliphatic rings. The van der Waals surface area contributed by atoms with E-state index in [-0.39, 0.29) is 10.8 Å². The van der Waals surface area contributed by atoms with Crippen LogP contribution in [0.4, 0.5) is 5.13 Å². The number of anilines is 1. The number of hydrogen-bond acceptors (Lipinski definition) is 6. The number of nitrogens with one attached hydrogen (secondary N) is 1. The van der Waals surface area contributed by atoms with Crippen LogP contribution < -0.4 is 5.32 Å². The van der Waals surface area contributed by atoms with Crippen molar-refractivity contribution in [3.05, 3.63) is 71.2 Å². The standard InChI is InChI=1S/C19H19N3O3S3/c1-22(2)28(24,25)17-10-8-14(9-11-17)18(23)21-19-20-15(13-27-19)12-26-16-6-4-3-5-7-16/h3-11,13H,12H2,1-2H3,(H,20,21,23). The van der Waals surface area contributed by atoms with Gasteiger partial charge < -0.3 is 0 Å². The molecule has 0 bridgehead atoms. The summed E-state index contributed by atoms with van der Waals surface area (Å²) in [7, 11) is -0.586. The Balaban J connectivity index is 1.61. The Hall–Kier alpha value is -2.20. The first-order valence-electron chi connectivity index (χ1n) is 8.32. The summed E-state index contributed by atoms with van der Waals surface area (Å²) in [6.07, 6.45) is 0. The predicted octanol–water partition coefficient (Wildman–Crippen LogP) is 3.94. The third-order valence-corrected chi connectivity index (χ3v) is 7.48. The largest absolute Gasteiger partial charge is 0.298 e. The Morgan fingerprint density at radius 3 is 2.43 bits per heavy atom. The molecule has 0 aliphatic heterocycles. The van der Waals surface area contributed by atoms with Crippen molar-refractivity contribution < 1.29 is 13.2 Å². The maximum Gasteiger partial charge on any atom is 0.257 e. The summed E-state index contributed by atoms with van der Waals surface area (Å²) >= 11 is 3.04. The molecule has 1 heterocycles. The van der Waals surface area contributed by atoms with Crippen LogP contribution in [0, 0.1) is 0 Å². The molecule has 1 aromatic heterocycles. The molecule has 9 heteroatoms. The quantitative estimate of drug-likeness (QED) is 0.571. The molecule has 146 valence electrons. The van der Waals surface area contributed by atoms with Gasteiger partial charge in [0.1, 0.15) is 0 Å². The lowest BCUT2D eigenvalue weighted by atomic mass is 10.2. The zero-order valence-electron chi connectivity index (χ0n) is 15.3. The fraction of sp³-hybridized carbons (Fsp3) is 0.158. The van der Waals surface area contributed by atoms with Crippen molar-refractivity contribution >= 4 is 44.2 Å². The lowest BCUT2D eigenvalue weighted by Gasteiger charge is -2.11. The van der Waals surface area contributed by atoms with E-state index < -0.39 is 10.0 Å². The molecule has 0 saturated carbocycles. The van der Waals surface area contributed by atoms with Crippen molar-refractivity contribution in [1.29, 1.82) is 0 Å². The molecule has 3 rings (SSSR count). The molecule has 2 aromatic carbocycles. The zero-order chi connectivity index (χ0) is 20.1.